The lowest BCUT2D eigenvalue weighted by molar-refractivity contribution is -0.133. The van der Waals surface area contributed by atoms with E-state index in [1.807, 2.05) is 24.3 Å². The van der Waals surface area contributed by atoms with E-state index >= 15 is 0 Å². The normalized spacial score (nSPS) is 10.9. The number of hydrogen-bond acceptors (Lipinski definition) is 5. The van der Waals surface area contributed by atoms with E-state index in [9.17, 15) is 4.79 Å². The zero-order chi connectivity index (χ0) is 12.4. The van der Waals surface area contributed by atoms with E-state index in [2.05, 4.69) is 15.2 Å². The summed E-state index contributed by atoms with van der Waals surface area (Å²) in [6.45, 7) is 3.86. The van der Waals surface area contributed by atoms with Crippen LogP contribution in [0.25, 0.3) is 5.78 Å². The van der Waals surface area contributed by atoms with E-state index in [0.717, 1.165) is 17.2 Å². The van der Waals surface area contributed by atoms with Crippen LogP contribution in [0.2, 0.25) is 0 Å². The number of nitrogens with zero attached hydrogens (tertiary/aromatic N) is 4. The van der Waals surface area contributed by atoms with E-state index in [-0.39, 0.29) is 5.75 Å². The van der Waals surface area contributed by atoms with Crippen molar-refractivity contribution in [2.45, 2.75) is 19.6 Å². The second-order valence-corrected chi connectivity index (χ2v) is 4.66. The van der Waals surface area contributed by atoms with Crippen molar-refractivity contribution in [1.29, 1.82) is 0 Å². The Morgan fingerprint density at radius 3 is 2.94 bits per heavy atom. The van der Waals surface area contributed by atoms with Crippen molar-refractivity contribution in [3.8, 4) is 0 Å². The van der Waals surface area contributed by atoms with Crippen LogP contribution in [0.5, 0.6) is 0 Å². The predicted molar refractivity (Wildman–Crippen MR) is 64.1 cm³/mol. The summed E-state index contributed by atoms with van der Waals surface area (Å²) in [6, 6.07) is 1.95. The largest absolute Gasteiger partial charge is 0.481 e. The molecule has 7 heteroatoms. The molecule has 0 saturated heterocycles. The molecule has 0 aromatic carbocycles. The summed E-state index contributed by atoms with van der Waals surface area (Å²) in [5.74, 6) is 1.05. The standard InChI is InChI=1S/C10H12N4O2S/c1-6-3-7(2)14-8(4-17-5-9(15)16)12-13-10(14)11-6/h3H,4-5H2,1-2H3,(H,15,16). The van der Waals surface area contributed by atoms with Gasteiger partial charge in [-0.15, -0.1) is 22.0 Å². The van der Waals surface area contributed by atoms with Crippen LogP contribution >= 0.6 is 11.8 Å². The maximum absolute atomic E-state index is 10.4. The lowest BCUT2D eigenvalue weighted by Gasteiger charge is -2.03. The third-order valence-corrected chi connectivity index (χ3v) is 3.13. The summed E-state index contributed by atoms with van der Waals surface area (Å²) in [5, 5.41) is 16.6. The predicted octanol–water partition coefficient (Wildman–Crippen LogP) is 1.06. The van der Waals surface area contributed by atoms with Crippen molar-refractivity contribution in [3.05, 3.63) is 23.3 Å². The number of rotatable bonds is 4. The number of carboxylic acid groups (broad SMARTS) is 1. The Morgan fingerprint density at radius 2 is 2.24 bits per heavy atom. The van der Waals surface area contributed by atoms with Crippen LogP contribution in [0.1, 0.15) is 17.2 Å². The number of aryl methyl sites for hydroxylation is 2. The second kappa shape index (κ2) is 4.70. The van der Waals surface area contributed by atoms with E-state index in [4.69, 9.17) is 5.11 Å². The van der Waals surface area contributed by atoms with Crippen molar-refractivity contribution in [1.82, 2.24) is 19.6 Å². The monoisotopic (exact) mass is 252 g/mol. The first-order valence-corrected chi connectivity index (χ1v) is 6.21. The molecule has 0 aliphatic heterocycles. The minimum atomic E-state index is -0.825. The molecular weight excluding hydrogens is 240 g/mol. The van der Waals surface area contributed by atoms with Gasteiger partial charge in [0.25, 0.3) is 5.78 Å². The first kappa shape index (κ1) is 11.8. The van der Waals surface area contributed by atoms with Crippen LogP contribution in [0.4, 0.5) is 0 Å². The maximum atomic E-state index is 10.4. The van der Waals surface area contributed by atoms with Crippen molar-refractivity contribution in [2.24, 2.45) is 0 Å². The number of carbonyl (C=O) groups is 1. The van der Waals surface area contributed by atoms with Gasteiger partial charge in [-0.05, 0) is 19.9 Å². The van der Waals surface area contributed by atoms with E-state index in [1.54, 1.807) is 0 Å². The zero-order valence-electron chi connectivity index (χ0n) is 9.54. The molecule has 17 heavy (non-hydrogen) atoms. The molecule has 0 spiro atoms. The molecule has 0 bridgehead atoms. The molecule has 0 fully saturated rings. The van der Waals surface area contributed by atoms with Crippen molar-refractivity contribution >= 4 is 23.5 Å². The molecule has 0 saturated carbocycles. The maximum Gasteiger partial charge on any atom is 0.313 e. The molecule has 0 radical (unpaired) electrons. The number of fused-ring (bicyclic) bond motifs is 1. The van der Waals surface area contributed by atoms with Gasteiger partial charge < -0.3 is 5.11 Å². The highest BCUT2D eigenvalue weighted by Gasteiger charge is 2.10. The van der Waals surface area contributed by atoms with Crippen LogP contribution in [0.3, 0.4) is 0 Å². The average Bonchev–Trinajstić information content (AvgIpc) is 2.60. The van der Waals surface area contributed by atoms with Gasteiger partial charge in [-0.3, -0.25) is 9.20 Å². The highest BCUT2D eigenvalue weighted by Crippen LogP contribution is 2.13. The van der Waals surface area contributed by atoms with Gasteiger partial charge in [0, 0.05) is 11.4 Å². The minimum Gasteiger partial charge on any atom is -0.481 e. The Labute approximate surface area is 102 Å². The number of aromatic nitrogens is 4. The molecule has 1 N–H and O–H groups in total. The summed E-state index contributed by atoms with van der Waals surface area (Å²) in [5.41, 5.74) is 1.90. The first-order valence-electron chi connectivity index (χ1n) is 5.05. The Bertz CT molecular complexity index is 567. The third-order valence-electron chi connectivity index (χ3n) is 2.22. The molecule has 0 atom stereocenters. The quantitative estimate of drug-likeness (QED) is 0.876. The number of carboxylic acids is 1. The van der Waals surface area contributed by atoms with Crippen LogP contribution < -0.4 is 0 Å². The van der Waals surface area contributed by atoms with Gasteiger partial charge in [0.15, 0.2) is 0 Å². The smallest absolute Gasteiger partial charge is 0.313 e. The molecule has 2 aromatic rings. The second-order valence-electron chi connectivity index (χ2n) is 3.68. The Kier molecular flexibility index (Phi) is 3.28. The molecule has 0 unspecified atom stereocenters. The molecule has 0 aliphatic carbocycles. The highest BCUT2D eigenvalue weighted by atomic mass is 32.2. The van der Waals surface area contributed by atoms with Crippen molar-refractivity contribution < 1.29 is 9.90 Å². The van der Waals surface area contributed by atoms with Crippen molar-refractivity contribution in [3.63, 3.8) is 0 Å². The zero-order valence-corrected chi connectivity index (χ0v) is 10.4. The molecule has 2 rings (SSSR count). The molecule has 2 heterocycles. The van der Waals surface area contributed by atoms with Gasteiger partial charge in [-0.2, -0.15) is 0 Å². The van der Waals surface area contributed by atoms with Crippen molar-refractivity contribution in [2.75, 3.05) is 5.75 Å². The summed E-state index contributed by atoms with van der Waals surface area (Å²) in [6.07, 6.45) is 0. The van der Waals surface area contributed by atoms with Gasteiger partial charge in [-0.1, -0.05) is 0 Å². The third kappa shape index (κ3) is 2.55. The lowest BCUT2D eigenvalue weighted by Crippen LogP contribution is -2.02. The van der Waals surface area contributed by atoms with Crippen LogP contribution in [0, 0.1) is 13.8 Å². The fraction of sp³-hybridized carbons (Fsp3) is 0.400. The molecule has 0 amide bonds. The summed E-state index contributed by atoms with van der Waals surface area (Å²) in [7, 11) is 0. The summed E-state index contributed by atoms with van der Waals surface area (Å²) >= 11 is 1.30. The van der Waals surface area contributed by atoms with Gasteiger partial charge in [0.1, 0.15) is 5.82 Å². The van der Waals surface area contributed by atoms with Gasteiger partial charge in [0.2, 0.25) is 0 Å². The van der Waals surface area contributed by atoms with Crippen LogP contribution in [0.15, 0.2) is 6.07 Å². The number of thioether (sulfide) groups is 1. The van der Waals surface area contributed by atoms with Crippen LogP contribution in [-0.2, 0) is 10.5 Å². The van der Waals surface area contributed by atoms with E-state index in [0.29, 0.717) is 11.5 Å². The summed E-state index contributed by atoms with van der Waals surface area (Å²) in [4.78, 5) is 14.7. The molecule has 2 aromatic heterocycles. The van der Waals surface area contributed by atoms with E-state index in [1.165, 1.54) is 11.8 Å². The molecular formula is C10H12N4O2S. The molecule has 6 nitrogen and oxygen atoms in total. The number of aliphatic carboxylic acids is 1. The van der Waals surface area contributed by atoms with Gasteiger partial charge >= 0.3 is 5.97 Å². The lowest BCUT2D eigenvalue weighted by atomic mass is 10.3. The SMILES string of the molecule is Cc1cc(C)n2c(CSCC(=O)O)nnc2n1. The molecule has 90 valence electrons. The number of hydrogen-bond donors (Lipinski definition) is 1. The first-order chi connectivity index (χ1) is 8.08. The van der Waals surface area contributed by atoms with E-state index < -0.39 is 5.97 Å². The molecule has 0 aliphatic rings. The fourth-order valence-corrected chi connectivity index (χ4v) is 2.27. The highest BCUT2D eigenvalue weighted by molar-refractivity contribution is 7.99. The Morgan fingerprint density at radius 1 is 1.47 bits per heavy atom. The Hall–Kier alpha value is -1.63. The Balaban J connectivity index is 2.26. The topological polar surface area (TPSA) is 80.4 Å². The summed E-state index contributed by atoms with van der Waals surface area (Å²) < 4.78 is 1.85. The van der Waals surface area contributed by atoms with Crippen LogP contribution in [-0.4, -0.2) is 36.4 Å². The average molecular weight is 252 g/mol. The fourth-order valence-electron chi connectivity index (χ4n) is 1.62. The van der Waals surface area contributed by atoms with Gasteiger partial charge in [-0.25, -0.2) is 4.98 Å². The minimum absolute atomic E-state index is 0.0627. The van der Waals surface area contributed by atoms with Gasteiger partial charge in [0.05, 0.1) is 11.5 Å².